The van der Waals surface area contributed by atoms with Crippen molar-refractivity contribution in [2.45, 2.75) is 12.5 Å². The van der Waals surface area contributed by atoms with Gasteiger partial charge in [-0.15, -0.1) is 0 Å². The third-order valence-electron chi connectivity index (χ3n) is 1.99. The Kier molecular flexibility index (Phi) is 3.35. The Labute approximate surface area is 85.5 Å². The maximum absolute atomic E-state index is 10.6. The number of para-hydroxylation sites is 1. The van der Waals surface area contributed by atoms with Gasteiger partial charge in [-0.1, -0.05) is 12.1 Å². The Bertz CT molecular complexity index is 391. The summed E-state index contributed by atoms with van der Waals surface area (Å²) >= 11 is 0. The van der Waals surface area contributed by atoms with Gasteiger partial charge in [-0.2, -0.15) is 0 Å². The number of carbonyl (C=O) groups is 1. The average Bonchev–Trinajstić information content (AvgIpc) is 2.16. The fourth-order valence-corrected chi connectivity index (χ4v) is 1.31. The van der Waals surface area contributed by atoms with Crippen LogP contribution >= 0.6 is 0 Å². The van der Waals surface area contributed by atoms with Crippen molar-refractivity contribution in [1.29, 1.82) is 0 Å². The molecule has 0 saturated carbocycles. The molecule has 1 rings (SSSR count). The number of nitro groups is 1. The molecular weight excluding hydrogens is 200 g/mol. The van der Waals surface area contributed by atoms with Gasteiger partial charge in [0.25, 0.3) is 5.69 Å². The monoisotopic (exact) mass is 210 g/mol. The fraction of sp³-hybridized carbons (Fsp3) is 0.222. The molecule has 0 amide bonds. The summed E-state index contributed by atoms with van der Waals surface area (Å²) in [5, 5.41) is 21.0. The summed E-state index contributed by atoms with van der Waals surface area (Å²) in [5.41, 5.74) is 3.77. The highest BCUT2D eigenvalue weighted by atomic mass is 16.6. The highest BCUT2D eigenvalue weighted by Gasteiger charge is 2.20. The van der Waals surface area contributed by atoms with Crippen molar-refractivity contribution in [2.75, 3.05) is 0 Å². The SMILES string of the molecule is [NH3+][C@@H](CC(=O)[O-])c1ccccc1[N+](=O)[O-]. The molecule has 0 bridgehead atoms. The largest absolute Gasteiger partial charge is 0.550 e. The molecule has 0 spiro atoms. The summed E-state index contributed by atoms with van der Waals surface area (Å²) in [4.78, 5) is 20.4. The van der Waals surface area contributed by atoms with Crippen LogP contribution in [0.5, 0.6) is 0 Å². The fourth-order valence-electron chi connectivity index (χ4n) is 1.31. The number of carbonyl (C=O) groups excluding carboxylic acids is 1. The number of carboxylic acids is 1. The van der Waals surface area contributed by atoms with Crippen molar-refractivity contribution >= 4 is 11.7 Å². The van der Waals surface area contributed by atoms with Gasteiger partial charge in [0.1, 0.15) is 6.04 Å². The number of nitrogens with zero attached hydrogens (tertiary/aromatic N) is 1. The second-order valence-electron chi connectivity index (χ2n) is 3.09. The Morgan fingerprint density at radius 3 is 2.60 bits per heavy atom. The van der Waals surface area contributed by atoms with Crippen molar-refractivity contribution < 1.29 is 20.6 Å². The summed E-state index contributed by atoms with van der Waals surface area (Å²) in [7, 11) is 0. The van der Waals surface area contributed by atoms with E-state index in [9.17, 15) is 20.0 Å². The van der Waals surface area contributed by atoms with Crippen LogP contribution in [0.1, 0.15) is 18.0 Å². The molecule has 3 N–H and O–H groups in total. The maximum Gasteiger partial charge on any atom is 0.278 e. The standard InChI is InChI=1S/C9H10N2O4/c10-7(5-9(12)13)6-3-1-2-4-8(6)11(14)15/h1-4,7H,5,10H2,(H,12,13)/t7-/m0/s1. The normalized spacial score (nSPS) is 12.1. The quantitative estimate of drug-likeness (QED) is 0.508. The number of nitro benzene ring substituents is 1. The predicted molar refractivity (Wildman–Crippen MR) is 48.3 cm³/mol. The zero-order valence-corrected chi connectivity index (χ0v) is 7.88. The minimum absolute atomic E-state index is 0.112. The predicted octanol–water partition coefficient (Wildman–Crippen LogP) is -0.982. The molecule has 0 unspecified atom stereocenters. The van der Waals surface area contributed by atoms with E-state index in [1.807, 2.05) is 0 Å². The van der Waals surface area contributed by atoms with Gasteiger partial charge in [0, 0.05) is 18.5 Å². The molecule has 0 aliphatic carbocycles. The number of hydrogen-bond acceptors (Lipinski definition) is 4. The summed E-state index contributed by atoms with van der Waals surface area (Å²) in [5.74, 6) is -1.27. The molecule has 15 heavy (non-hydrogen) atoms. The summed E-state index contributed by atoms with van der Waals surface area (Å²) in [6.07, 6.45) is -0.329. The van der Waals surface area contributed by atoms with Gasteiger partial charge in [0.2, 0.25) is 0 Å². The molecule has 1 atom stereocenters. The Morgan fingerprint density at radius 2 is 2.07 bits per heavy atom. The van der Waals surface area contributed by atoms with Gasteiger partial charge in [-0.3, -0.25) is 10.1 Å². The first-order valence-corrected chi connectivity index (χ1v) is 4.28. The van der Waals surface area contributed by atoms with Crippen LogP contribution in [0.3, 0.4) is 0 Å². The van der Waals surface area contributed by atoms with Crippen molar-refractivity contribution in [2.24, 2.45) is 0 Å². The minimum atomic E-state index is -1.27. The zero-order valence-electron chi connectivity index (χ0n) is 7.88. The molecule has 0 radical (unpaired) electrons. The van der Waals surface area contributed by atoms with E-state index < -0.39 is 16.9 Å². The molecule has 0 aliphatic rings. The van der Waals surface area contributed by atoms with Gasteiger partial charge in [0.05, 0.1) is 10.5 Å². The second kappa shape index (κ2) is 4.52. The van der Waals surface area contributed by atoms with E-state index in [1.165, 1.54) is 18.2 Å². The van der Waals surface area contributed by atoms with Crippen LogP contribution in [0.2, 0.25) is 0 Å². The molecular formula is C9H10N2O4. The number of rotatable bonds is 4. The lowest BCUT2D eigenvalue weighted by atomic mass is 10.0. The Balaban J connectivity index is 3.02. The van der Waals surface area contributed by atoms with E-state index in [2.05, 4.69) is 5.73 Å². The number of quaternary nitrogens is 1. The molecule has 6 nitrogen and oxygen atoms in total. The summed E-state index contributed by atoms with van der Waals surface area (Å²) in [6.45, 7) is 0. The van der Waals surface area contributed by atoms with Crippen LogP contribution in [-0.2, 0) is 4.79 Å². The highest BCUT2D eigenvalue weighted by Crippen LogP contribution is 2.23. The summed E-state index contributed by atoms with van der Waals surface area (Å²) < 4.78 is 0. The Morgan fingerprint density at radius 1 is 1.47 bits per heavy atom. The maximum atomic E-state index is 10.6. The zero-order chi connectivity index (χ0) is 11.4. The van der Waals surface area contributed by atoms with Gasteiger partial charge in [0.15, 0.2) is 0 Å². The number of hydrogen-bond donors (Lipinski definition) is 1. The third-order valence-corrected chi connectivity index (χ3v) is 1.99. The molecule has 6 heteroatoms. The van der Waals surface area contributed by atoms with E-state index in [1.54, 1.807) is 6.07 Å². The first-order chi connectivity index (χ1) is 7.02. The Hall–Kier alpha value is -1.95. The van der Waals surface area contributed by atoms with Crippen molar-refractivity contribution in [1.82, 2.24) is 0 Å². The van der Waals surface area contributed by atoms with Crippen LogP contribution in [-0.4, -0.2) is 10.9 Å². The molecule has 0 saturated heterocycles. The lowest BCUT2D eigenvalue weighted by Gasteiger charge is -2.09. The number of aliphatic carboxylic acids is 1. The minimum Gasteiger partial charge on any atom is -0.550 e. The van der Waals surface area contributed by atoms with E-state index in [4.69, 9.17) is 0 Å². The van der Waals surface area contributed by atoms with E-state index in [0.29, 0.717) is 5.56 Å². The van der Waals surface area contributed by atoms with Crippen molar-refractivity contribution in [3.8, 4) is 0 Å². The lowest BCUT2D eigenvalue weighted by Crippen LogP contribution is -2.55. The van der Waals surface area contributed by atoms with Gasteiger partial charge >= 0.3 is 0 Å². The van der Waals surface area contributed by atoms with Crippen molar-refractivity contribution in [3.63, 3.8) is 0 Å². The van der Waals surface area contributed by atoms with Gasteiger partial charge in [-0.05, 0) is 6.07 Å². The number of carboxylic acid groups (broad SMARTS) is 1. The van der Waals surface area contributed by atoms with Crippen molar-refractivity contribution in [3.05, 3.63) is 39.9 Å². The molecule has 0 aromatic heterocycles. The van der Waals surface area contributed by atoms with Crippen LogP contribution in [0.4, 0.5) is 5.69 Å². The van der Waals surface area contributed by atoms with Gasteiger partial charge < -0.3 is 15.6 Å². The molecule has 0 aliphatic heterocycles. The molecule has 1 aromatic carbocycles. The average molecular weight is 210 g/mol. The number of benzene rings is 1. The molecule has 0 fully saturated rings. The topological polar surface area (TPSA) is 111 Å². The smallest absolute Gasteiger partial charge is 0.278 e. The second-order valence-corrected chi connectivity index (χ2v) is 3.09. The molecule has 80 valence electrons. The van der Waals surface area contributed by atoms with Crippen LogP contribution in [0.15, 0.2) is 24.3 Å². The van der Waals surface area contributed by atoms with Crippen LogP contribution < -0.4 is 10.8 Å². The van der Waals surface area contributed by atoms with Crippen LogP contribution in [0, 0.1) is 10.1 Å². The van der Waals surface area contributed by atoms with Crippen LogP contribution in [0.25, 0.3) is 0 Å². The molecule has 1 aromatic rings. The van der Waals surface area contributed by atoms with E-state index in [0.717, 1.165) is 0 Å². The first-order valence-electron chi connectivity index (χ1n) is 4.28. The highest BCUT2D eigenvalue weighted by molar-refractivity contribution is 5.65. The third kappa shape index (κ3) is 2.75. The lowest BCUT2D eigenvalue weighted by molar-refractivity contribution is -0.436. The summed E-state index contributed by atoms with van der Waals surface area (Å²) in [6, 6.07) is 5.28. The molecule has 0 heterocycles. The van der Waals surface area contributed by atoms with E-state index >= 15 is 0 Å². The first kappa shape index (κ1) is 11.1. The van der Waals surface area contributed by atoms with Gasteiger partial charge in [-0.25, -0.2) is 0 Å². The van der Waals surface area contributed by atoms with E-state index in [-0.39, 0.29) is 12.1 Å².